The topological polar surface area (TPSA) is 118 Å². The maximum absolute atomic E-state index is 12.4. The van der Waals surface area contributed by atoms with Crippen molar-refractivity contribution in [1.29, 1.82) is 0 Å². The van der Waals surface area contributed by atoms with Crippen LogP contribution in [0.3, 0.4) is 0 Å². The van der Waals surface area contributed by atoms with E-state index in [-0.39, 0.29) is 17.1 Å². The lowest BCUT2D eigenvalue weighted by molar-refractivity contribution is 0.0954. The SMILES string of the molecule is COc1ccc(-c2nn(Cc3c(Cl)cccc3Cl)cc2/C=N\NC(=O)c2cc(O)cc(O)c2)cc1OC. The summed E-state index contributed by atoms with van der Waals surface area (Å²) in [6.07, 6.45) is 3.17. The minimum absolute atomic E-state index is 0.0406. The highest BCUT2D eigenvalue weighted by Crippen LogP contribution is 2.33. The molecule has 4 rings (SSSR count). The summed E-state index contributed by atoms with van der Waals surface area (Å²) in [6.45, 7) is 0.293. The van der Waals surface area contributed by atoms with Crippen molar-refractivity contribution in [2.75, 3.05) is 14.2 Å². The number of amides is 1. The number of phenols is 2. The Morgan fingerprint density at radius 3 is 2.35 bits per heavy atom. The van der Waals surface area contributed by atoms with Crippen molar-refractivity contribution in [3.63, 3.8) is 0 Å². The van der Waals surface area contributed by atoms with Crippen molar-refractivity contribution in [2.24, 2.45) is 5.10 Å². The fourth-order valence-electron chi connectivity index (χ4n) is 3.62. The van der Waals surface area contributed by atoms with Crippen LogP contribution in [0, 0.1) is 0 Å². The molecule has 1 aromatic heterocycles. The average molecular weight is 541 g/mol. The molecule has 0 fully saturated rings. The number of ether oxygens (including phenoxy) is 2. The third-order valence-electron chi connectivity index (χ3n) is 5.36. The van der Waals surface area contributed by atoms with Gasteiger partial charge in [-0.25, -0.2) is 5.43 Å². The Bertz CT molecular complexity index is 1450. The van der Waals surface area contributed by atoms with Crippen molar-refractivity contribution < 1.29 is 24.5 Å². The van der Waals surface area contributed by atoms with E-state index in [2.05, 4.69) is 10.5 Å². The Hall–Kier alpha value is -4.21. The first-order valence-corrected chi connectivity index (χ1v) is 11.6. The van der Waals surface area contributed by atoms with E-state index in [0.29, 0.717) is 50.5 Å². The van der Waals surface area contributed by atoms with Gasteiger partial charge < -0.3 is 19.7 Å². The van der Waals surface area contributed by atoms with Crippen LogP contribution in [0.2, 0.25) is 10.0 Å². The average Bonchev–Trinajstić information content (AvgIpc) is 3.27. The van der Waals surface area contributed by atoms with Crippen LogP contribution < -0.4 is 14.9 Å². The summed E-state index contributed by atoms with van der Waals surface area (Å²) in [7, 11) is 3.09. The molecule has 0 aliphatic rings. The van der Waals surface area contributed by atoms with Crippen LogP contribution in [0.4, 0.5) is 0 Å². The molecular formula is C26H22Cl2N4O5. The van der Waals surface area contributed by atoms with E-state index >= 15 is 0 Å². The van der Waals surface area contributed by atoms with Gasteiger partial charge in [-0.15, -0.1) is 0 Å². The molecule has 11 heteroatoms. The molecule has 1 amide bonds. The van der Waals surface area contributed by atoms with Gasteiger partial charge in [0.05, 0.1) is 27.0 Å². The number of carbonyl (C=O) groups excluding carboxylic acids is 1. The summed E-state index contributed by atoms with van der Waals surface area (Å²) in [5.74, 6) is -0.0342. The summed E-state index contributed by atoms with van der Waals surface area (Å²) in [6, 6.07) is 14.2. The second kappa shape index (κ2) is 11.2. The predicted molar refractivity (Wildman–Crippen MR) is 141 cm³/mol. The maximum Gasteiger partial charge on any atom is 0.271 e. The van der Waals surface area contributed by atoms with Crippen LogP contribution in [0.15, 0.2) is 65.9 Å². The van der Waals surface area contributed by atoms with Crippen LogP contribution in [-0.2, 0) is 6.54 Å². The zero-order valence-electron chi connectivity index (χ0n) is 19.8. The monoisotopic (exact) mass is 540 g/mol. The van der Waals surface area contributed by atoms with Crippen LogP contribution in [-0.4, -0.2) is 46.3 Å². The number of phenolic OH excluding ortho intramolecular Hbond substituents is 2. The normalized spacial score (nSPS) is 11.0. The van der Waals surface area contributed by atoms with Gasteiger partial charge in [-0.2, -0.15) is 10.2 Å². The van der Waals surface area contributed by atoms with E-state index in [1.54, 1.807) is 48.3 Å². The van der Waals surface area contributed by atoms with Gasteiger partial charge in [0.2, 0.25) is 0 Å². The molecule has 0 aliphatic heterocycles. The lowest BCUT2D eigenvalue weighted by atomic mass is 10.1. The van der Waals surface area contributed by atoms with E-state index in [1.807, 2.05) is 6.07 Å². The minimum Gasteiger partial charge on any atom is -0.508 e. The molecule has 0 saturated carbocycles. The number of aromatic nitrogens is 2. The van der Waals surface area contributed by atoms with Crippen molar-refractivity contribution in [1.82, 2.24) is 15.2 Å². The summed E-state index contributed by atoms with van der Waals surface area (Å²) < 4.78 is 12.4. The zero-order valence-corrected chi connectivity index (χ0v) is 21.3. The molecule has 0 spiro atoms. The fraction of sp³-hybridized carbons (Fsp3) is 0.115. The summed E-state index contributed by atoms with van der Waals surface area (Å²) >= 11 is 12.7. The van der Waals surface area contributed by atoms with Gasteiger partial charge >= 0.3 is 0 Å². The van der Waals surface area contributed by atoms with E-state index in [4.69, 9.17) is 37.8 Å². The molecule has 0 aliphatic carbocycles. The van der Waals surface area contributed by atoms with Gasteiger partial charge in [0.25, 0.3) is 5.91 Å². The molecule has 0 radical (unpaired) electrons. The molecule has 37 heavy (non-hydrogen) atoms. The largest absolute Gasteiger partial charge is 0.508 e. The number of benzene rings is 3. The van der Waals surface area contributed by atoms with Crippen LogP contribution >= 0.6 is 23.2 Å². The third-order valence-corrected chi connectivity index (χ3v) is 6.07. The highest BCUT2D eigenvalue weighted by Gasteiger charge is 2.15. The molecule has 3 N–H and O–H groups in total. The van der Waals surface area contributed by atoms with E-state index in [9.17, 15) is 15.0 Å². The van der Waals surface area contributed by atoms with Crippen molar-refractivity contribution in [3.05, 3.63) is 87.5 Å². The number of aromatic hydroxyl groups is 2. The van der Waals surface area contributed by atoms with E-state index in [0.717, 1.165) is 6.07 Å². The van der Waals surface area contributed by atoms with E-state index < -0.39 is 5.91 Å². The van der Waals surface area contributed by atoms with Crippen LogP contribution in [0.1, 0.15) is 21.5 Å². The predicted octanol–water partition coefficient (Wildman–Crippen LogP) is 5.10. The van der Waals surface area contributed by atoms with Crippen molar-refractivity contribution in [2.45, 2.75) is 6.54 Å². The molecule has 1 heterocycles. The molecule has 4 aromatic rings. The van der Waals surface area contributed by atoms with Gasteiger partial charge in [-0.1, -0.05) is 29.3 Å². The number of nitrogens with one attached hydrogen (secondary N) is 1. The Labute approximate surface area is 222 Å². The molecule has 9 nitrogen and oxygen atoms in total. The van der Waals surface area contributed by atoms with Crippen molar-refractivity contribution in [3.8, 4) is 34.3 Å². The Balaban J connectivity index is 1.68. The number of halogens is 2. The number of hydrogen-bond donors (Lipinski definition) is 3. The van der Waals surface area contributed by atoms with Crippen molar-refractivity contribution >= 4 is 35.3 Å². The number of hydrogen-bond acceptors (Lipinski definition) is 7. The second-order valence-corrected chi connectivity index (χ2v) is 8.65. The first-order valence-electron chi connectivity index (χ1n) is 10.9. The smallest absolute Gasteiger partial charge is 0.271 e. The number of methoxy groups -OCH3 is 2. The van der Waals surface area contributed by atoms with Gasteiger partial charge in [0.1, 0.15) is 17.2 Å². The lowest BCUT2D eigenvalue weighted by Gasteiger charge is -2.09. The van der Waals surface area contributed by atoms with Gasteiger partial charge in [-0.05, 0) is 42.5 Å². The molecule has 0 saturated heterocycles. The fourth-order valence-corrected chi connectivity index (χ4v) is 4.13. The highest BCUT2D eigenvalue weighted by molar-refractivity contribution is 6.36. The number of carbonyl (C=O) groups is 1. The molecular weight excluding hydrogens is 519 g/mol. The number of hydrazone groups is 1. The molecule has 0 unspecified atom stereocenters. The molecule has 3 aromatic carbocycles. The zero-order chi connectivity index (χ0) is 26.5. The molecule has 0 atom stereocenters. The summed E-state index contributed by atoms with van der Waals surface area (Å²) in [4.78, 5) is 12.4. The van der Waals surface area contributed by atoms with Gasteiger partial charge in [0, 0.05) is 44.6 Å². The minimum atomic E-state index is -0.620. The Kier molecular flexibility index (Phi) is 7.86. The number of nitrogens with zero attached hydrogens (tertiary/aromatic N) is 3. The van der Waals surface area contributed by atoms with Gasteiger partial charge in [-0.3, -0.25) is 9.48 Å². The molecule has 190 valence electrons. The standard InChI is InChI=1S/C26H22Cl2N4O5/c1-36-23-7-6-15(10-24(23)37-2)25-17(12-29-30-26(35)16-8-18(33)11-19(34)9-16)13-32(31-25)14-20-21(27)4-3-5-22(20)28/h3-13,33-34H,14H2,1-2H3,(H,30,35)/b29-12-. The Morgan fingerprint density at radius 2 is 1.70 bits per heavy atom. The summed E-state index contributed by atoms with van der Waals surface area (Å²) in [5.41, 5.74) is 4.97. The van der Waals surface area contributed by atoms with E-state index in [1.165, 1.54) is 25.5 Å². The van der Waals surface area contributed by atoms with Crippen LogP contribution in [0.25, 0.3) is 11.3 Å². The first kappa shape index (κ1) is 25.9. The highest BCUT2D eigenvalue weighted by atomic mass is 35.5. The molecule has 0 bridgehead atoms. The lowest BCUT2D eigenvalue weighted by Crippen LogP contribution is -2.17. The first-order chi connectivity index (χ1) is 17.8. The second-order valence-electron chi connectivity index (χ2n) is 7.84. The number of rotatable bonds is 8. The third kappa shape index (κ3) is 5.96. The Morgan fingerprint density at radius 1 is 1.03 bits per heavy atom. The quantitative estimate of drug-likeness (QED) is 0.211. The van der Waals surface area contributed by atoms with Crippen LogP contribution in [0.5, 0.6) is 23.0 Å². The maximum atomic E-state index is 12.4. The van der Waals surface area contributed by atoms with Gasteiger partial charge in [0.15, 0.2) is 11.5 Å². The summed E-state index contributed by atoms with van der Waals surface area (Å²) in [5, 5.41) is 29.0.